The monoisotopic (exact) mass is 491 g/mol. The molecule has 5 nitrogen and oxygen atoms in total. The summed E-state index contributed by atoms with van der Waals surface area (Å²) in [5.41, 5.74) is 5.14. The lowest BCUT2D eigenvalue weighted by Crippen LogP contribution is -2.44. The molecule has 0 bridgehead atoms. The van der Waals surface area contributed by atoms with Crippen LogP contribution >= 0.6 is 11.6 Å². The average molecular weight is 492 g/mol. The lowest BCUT2D eigenvalue weighted by atomic mass is 9.94. The number of hydrogen-bond donors (Lipinski definition) is 2. The predicted octanol–water partition coefficient (Wildman–Crippen LogP) is 4.55. The number of carbonyl (C=O) groups excluding carboxylic acids is 2. The highest BCUT2D eigenvalue weighted by Gasteiger charge is 2.45. The number of halogens is 5. The second kappa shape index (κ2) is 8.73. The van der Waals surface area contributed by atoms with E-state index in [0.717, 1.165) is 0 Å². The second-order valence-electron chi connectivity index (χ2n) is 8.06. The molecule has 2 amide bonds. The summed E-state index contributed by atoms with van der Waals surface area (Å²) >= 11 is 6.11. The Kier molecular flexibility index (Phi) is 6.09. The number of benzene rings is 3. The van der Waals surface area contributed by atoms with E-state index >= 15 is 0 Å². The summed E-state index contributed by atoms with van der Waals surface area (Å²) in [6, 6.07) is 9.44. The highest BCUT2D eigenvalue weighted by atomic mass is 35.5. The Labute approximate surface area is 197 Å². The zero-order chi connectivity index (χ0) is 24.8. The molecule has 3 aromatic rings. The molecule has 3 N–H and O–H groups in total. The SMILES string of the molecule is CC1(N)C(=O)N(Cc2c(F)cccc2Cl)c2cc(C(=O)NCc3c(F)cc(F)cc3F)ccc21. The quantitative estimate of drug-likeness (QED) is 0.514. The van der Waals surface area contributed by atoms with Crippen LogP contribution in [-0.2, 0) is 23.4 Å². The molecule has 176 valence electrons. The van der Waals surface area contributed by atoms with Gasteiger partial charge in [-0.05, 0) is 31.2 Å². The Hall–Kier alpha value is -3.43. The third-order valence-corrected chi connectivity index (χ3v) is 6.06. The minimum absolute atomic E-state index is 0.0665. The zero-order valence-corrected chi connectivity index (χ0v) is 18.5. The molecular formula is C24H18ClF4N3O2. The van der Waals surface area contributed by atoms with Gasteiger partial charge in [0.15, 0.2) is 0 Å². The molecular weight excluding hydrogens is 474 g/mol. The third kappa shape index (κ3) is 4.12. The molecule has 0 saturated heterocycles. The maximum absolute atomic E-state index is 14.4. The van der Waals surface area contributed by atoms with Crippen molar-refractivity contribution in [2.24, 2.45) is 5.73 Å². The number of nitrogens with one attached hydrogen (secondary N) is 1. The minimum atomic E-state index is -1.43. The van der Waals surface area contributed by atoms with Crippen LogP contribution < -0.4 is 16.0 Å². The molecule has 4 rings (SSSR count). The first kappa shape index (κ1) is 23.7. The number of hydrogen-bond acceptors (Lipinski definition) is 3. The predicted molar refractivity (Wildman–Crippen MR) is 118 cm³/mol. The molecule has 0 saturated carbocycles. The molecule has 34 heavy (non-hydrogen) atoms. The Morgan fingerprint density at radius 3 is 2.35 bits per heavy atom. The summed E-state index contributed by atoms with van der Waals surface area (Å²) < 4.78 is 55.2. The maximum Gasteiger partial charge on any atom is 0.251 e. The fourth-order valence-corrected chi connectivity index (χ4v) is 4.07. The molecule has 1 unspecified atom stereocenters. The largest absolute Gasteiger partial charge is 0.348 e. The van der Waals surface area contributed by atoms with E-state index in [9.17, 15) is 27.2 Å². The zero-order valence-electron chi connectivity index (χ0n) is 17.8. The van der Waals surface area contributed by atoms with Crippen LogP contribution in [0.5, 0.6) is 0 Å². The molecule has 0 aromatic heterocycles. The molecule has 0 aliphatic carbocycles. The number of fused-ring (bicyclic) bond motifs is 1. The molecule has 1 heterocycles. The average Bonchev–Trinajstić information content (AvgIpc) is 2.95. The Bertz CT molecular complexity index is 1290. The number of nitrogens with zero attached hydrogens (tertiary/aromatic N) is 1. The molecule has 1 aliphatic rings. The van der Waals surface area contributed by atoms with Crippen LogP contribution in [0.4, 0.5) is 23.2 Å². The molecule has 1 aliphatic heterocycles. The number of nitrogens with two attached hydrogens (primary N) is 1. The number of rotatable bonds is 5. The summed E-state index contributed by atoms with van der Waals surface area (Å²) in [5.74, 6) is -5.17. The van der Waals surface area contributed by atoms with Gasteiger partial charge in [0.25, 0.3) is 11.8 Å². The Morgan fingerprint density at radius 2 is 1.71 bits per heavy atom. The van der Waals surface area contributed by atoms with E-state index in [1.54, 1.807) is 0 Å². The first-order chi connectivity index (χ1) is 16.0. The van der Waals surface area contributed by atoms with Gasteiger partial charge in [-0.3, -0.25) is 9.59 Å². The van der Waals surface area contributed by atoms with Crippen molar-refractivity contribution < 1.29 is 27.2 Å². The standard InChI is InChI=1S/C24H18ClF4N3O2/c1-24(30)16-6-5-12(22(33)31-10-14-19(28)8-13(26)9-20(14)29)7-21(16)32(23(24)34)11-15-17(25)3-2-4-18(15)27/h2-9H,10-11,30H2,1H3,(H,31,33). The van der Waals surface area contributed by atoms with Crippen LogP contribution in [0.2, 0.25) is 5.02 Å². The van der Waals surface area contributed by atoms with Crippen LogP contribution in [0, 0.1) is 23.3 Å². The van der Waals surface area contributed by atoms with Gasteiger partial charge in [-0.2, -0.15) is 0 Å². The molecule has 3 aromatic carbocycles. The van der Waals surface area contributed by atoms with Gasteiger partial charge < -0.3 is 16.0 Å². The van der Waals surface area contributed by atoms with E-state index in [1.165, 1.54) is 48.2 Å². The lowest BCUT2D eigenvalue weighted by molar-refractivity contribution is -0.122. The molecule has 0 radical (unpaired) electrons. The first-order valence-electron chi connectivity index (χ1n) is 10.1. The van der Waals surface area contributed by atoms with Gasteiger partial charge in [0.05, 0.1) is 12.2 Å². The van der Waals surface area contributed by atoms with Gasteiger partial charge >= 0.3 is 0 Å². The van der Waals surface area contributed by atoms with Crippen molar-refractivity contribution in [1.29, 1.82) is 0 Å². The van der Waals surface area contributed by atoms with Crippen LogP contribution in [0.3, 0.4) is 0 Å². The van der Waals surface area contributed by atoms with Crippen molar-refractivity contribution in [3.63, 3.8) is 0 Å². The van der Waals surface area contributed by atoms with Gasteiger partial charge in [-0.15, -0.1) is 0 Å². The molecule has 0 spiro atoms. The summed E-state index contributed by atoms with van der Waals surface area (Å²) in [6.45, 7) is 0.744. The maximum atomic E-state index is 14.4. The minimum Gasteiger partial charge on any atom is -0.348 e. The molecule has 10 heteroatoms. The topological polar surface area (TPSA) is 75.4 Å². The Balaban J connectivity index is 1.63. The fraction of sp³-hybridized carbons (Fsp3) is 0.167. The van der Waals surface area contributed by atoms with E-state index in [-0.39, 0.29) is 28.4 Å². The van der Waals surface area contributed by atoms with Crippen molar-refractivity contribution in [2.45, 2.75) is 25.6 Å². The fourth-order valence-electron chi connectivity index (χ4n) is 3.85. The van der Waals surface area contributed by atoms with Crippen molar-refractivity contribution in [3.05, 3.63) is 99.1 Å². The van der Waals surface area contributed by atoms with Crippen molar-refractivity contribution in [2.75, 3.05) is 4.90 Å². The number of amides is 2. The highest BCUT2D eigenvalue weighted by molar-refractivity contribution is 6.31. The number of anilines is 1. The summed E-state index contributed by atoms with van der Waals surface area (Å²) in [7, 11) is 0. The smallest absolute Gasteiger partial charge is 0.251 e. The Morgan fingerprint density at radius 1 is 1.03 bits per heavy atom. The second-order valence-corrected chi connectivity index (χ2v) is 8.46. The van der Waals surface area contributed by atoms with Crippen LogP contribution in [-0.4, -0.2) is 11.8 Å². The first-order valence-corrected chi connectivity index (χ1v) is 10.5. The summed E-state index contributed by atoms with van der Waals surface area (Å²) in [4.78, 5) is 26.9. The molecule has 1 atom stereocenters. The van der Waals surface area contributed by atoms with Gasteiger partial charge in [0, 0.05) is 46.0 Å². The highest BCUT2D eigenvalue weighted by Crippen LogP contribution is 2.40. The van der Waals surface area contributed by atoms with E-state index in [2.05, 4.69) is 5.32 Å². The van der Waals surface area contributed by atoms with Gasteiger partial charge in [0.2, 0.25) is 0 Å². The van der Waals surface area contributed by atoms with Gasteiger partial charge in [-0.25, -0.2) is 17.6 Å². The van der Waals surface area contributed by atoms with Crippen LogP contribution in [0.15, 0.2) is 48.5 Å². The van der Waals surface area contributed by atoms with Gasteiger partial charge in [0.1, 0.15) is 28.8 Å². The van der Waals surface area contributed by atoms with E-state index in [1.807, 2.05) is 0 Å². The normalized spacial score (nSPS) is 17.1. The van der Waals surface area contributed by atoms with Crippen LogP contribution in [0.25, 0.3) is 0 Å². The molecule has 0 fully saturated rings. The lowest BCUT2D eigenvalue weighted by Gasteiger charge is -2.21. The van der Waals surface area contributed by atoms with Gasteiger partial charge in [-0.1, -0.05) is 23.7 Å². The van der Waals surface area contributed by atoms with E-state index in [0.29, 0.717) is 17.7 Å². The van der Waals surface area contributed by atoms with Crippen molar-refractivity contribution >= 4 is 29.1 Å². The van der Waals surface area contributed by atoms with E-state index < -0.39 is 52.7 Å². The summed E-state index contributed by atoms with van der Waals surface area (Å²) in [6.07, 6.45) is 0. The van der Waals surface area contributed by atoms with Crippen LogP contribution in [0.1, 0.15) is 34.0 Å². The summed E-state index contributed by atoms with van der Waals surface area (Å²) in [5, 5.41) is 2.49. The van der Waals surface area contributed by atoms with Crippen molar-refractivity contribution in [3.8, 4) is 0 Å². The van der Waals surface area contributed by atoms with Crippen molar-refractivity contribution in [1.82, 2.24) is 5.32 Å². The number of carbonyl (C=O) groups is 2. The third-order valence-electron chi connectivity index (χ3n) is 5.71. The van der Waals surface area contributed by atoms with E-state index in [4.69, 9.17) is 17.3 Å².